The Balaban J connectivity index is 1.60. The largest absolute Gasteiger partial charge is 0.492 e. The number of anilines is 1. The van der Waals surface area contributed by atoms with Crippen molar-refractivity contribution in [1.29, 1.82) is 0 Å². The molecule has 0 heterocycles. The molecule has 3 aromatic rings. The standard InChI is InChI=1S/C21H19NO2/c22-20-10-11-21(19(14-20)15-23)24-13-12-16-6-8-18(9-7-16)17-4-2-1-3-5-17/h1-11,14-15H,12-13,22H2. The number of rotatable bonds is 6. The molecule has 24 heavy (non-hydrogen) atoms. The van der Waals surface area contributed by atoms with E-state index in [4.69, 9.17) is 10.5 Å². The summed E-state index contributed by atoms with van der Waals surface area (Å²) in [7, 11) is 0. The maximum absolute atomic E-state index is 11.0. The first kappa shape index (κ1) is 15.8. The molecule has 3 rings (SSSR count). The third-order valence-corrected chi connectivity index (χ3v) is 3.87. The summed E-state index contributed by atoms with van der Waals surface area (Å²) in [4.78, 5) is 11.0. The van der Waals surface area contributed by atoms with Crippen LogP contribution in [0.4, 0.5) is 5.69 Å². The van der Waals surface area contributed by atoms with Gasteiger partial charge in [-0.1, -0.05) is 54.6 Å². The summed E-state index contributed by atoms with van der Waals surface area (Å²) >= 11 is 0. The second-order valence-electron chi connectivity index (χ2n) is 5.58. The molecule has 2 N–H and O–H groups in total. The zero-order chi connectivity index (χ0) is 16.8. The van der Waals surface area contributed by atoms with Gasteiger partial charge in [0.05, 0.1) is 12.2 Å². The lowest BCUT2D eigenvalue weighted by Gasteiger charge is -2.09. The third kappa shape index (κ3) is 3.82. The van der Waals surface area contributed by atoms with Gasteiger partial charge in [0.15, 0.2) is 6.29 Å². The van der Waals surface area contributed by atoms with Crippen LogP contribution in [-0.2, 0) is 6.42 Å². The van der Waals surface area contributed by atoms with Crippen LogP contribution in [0, 0.1) is 0 Å². The Morgan fingerprint density at radius 2 is 1.58 bits per heavy atom. The SMILES string of the molecule is Nc1ccc(OCCc2ccc(-c3ccccc3)cc2)c(C=O)c1. The molecule has 0 fully saturated rings. The van der Waals surface area contributed by atoms with Crippen molar-refractivity contribution in [2.24, 2.45) is 0 Å². The number of nitrogen functional groups attached to an aromatic ring is 1. The quantitative estimate of drug-likeness (QED) is 0.542. The molecule has 0 aliphatic carbocycles. The predicted octanol–water partition coefficient (Wildman–Crippen LogP) is 4.37. The predicted molar refractivity (Wildman–Crippen MR) is 97.3 cm³/mol. The van der Waals surface area contributed by atoms with Gasteiger partial charge in [0.25, 0.3) is 0 Å². The van der Waals surface area contributed by atoms with E-state index in [0.717, 1.165) is 12.7 Å². The Kier molecular flexibility index (Phi) is 4.92. The molecule has 0 bridgehead atoms. The molecule has 3 nitrogen and oxygen atoms in total. The van der Waals surface area contributed by atoms with E-state index in [-0.39, 0.29) is 0 Å². The second kappa shape index (κ2) is 7.47. The lowest BCUT2D eigenvalue weighted by Crippen LogP contribution is -2.03. The summed E-state index contributed by atoms with van der Waals surface area (Å²) in [6.07, 6.45) is 1.54. The zero-order valence-electron chi connectivity index (χ0n) is 13.3. The normalized spacial score (nSPS) is 10.3. The van der Waals surface area contributed by atoms with Crippen LogP contribution < -0.4 is 10.5 Å². The van der Waals surface area contributed by atoms with E-state index >= 15 is 0 Å². The third-order valence-electron chi connectivity index (χ3n) is 3.87. The lowest BCUT2D eigenvalue weighted by atomic mass is 10.0. The molecule has 0 amide bonds. The number of ether oxygens (including phenoxy) is 1. The smallest absolute Gasteiger partial charge is 0.153 e. The van der Waals surface area contributed by atoms with Crippen molar-refractivity contribution < 1.29 is 9.53 Å². The van der Waals surface area contributed by atoms with Crippen LogP contribution >= 0.6 is 0 Å². The molecule has 0 unspecified atom stereocenters. The van der Waals surface area contributed by atoms with Crippen LogP contribution in [0.2, 0.25) is 0 Å². The molecule has 0 aromatic heterocycles. The van der Waals surface area contributed by atoms with Crippen LogP contribution in [0.3, 0.4) is 0 Å². The van der Waals surface area contributed by atoms with Crippen LogP contribution in [0.15, 0.2) is 72.8 Å². The van der Waals surface area contributed by atoms with Gasteiger partial charge in [0.2, 0.25) is 0 Å². The van der Waals surface area contributed by atoms with Crippen molar-refractivity contribution in [3.8, 4) is 16.9 Å². The second-order valence-corrected chi connectivity index (χ2v) is 5.58. The summed E-state index contributed by atoms with van der Waals surface area (Å²) in [5.41, 5.74) is 10.3. The van der Waals surface area contributed by atoms with Crippen molar-refractivity contribution >= 4 is 12.0 Å². The van der Waals surface area contributed by atoms with E-state index in [1.165, 1.54) is 16.7 Å². The molecule has 3 heteroatoms. The lowest BCUT2D eigenvalue weighted by molar-refractivity contribution is 0.111. The first-order chi connectivity index (χ1) is 11.8. The van der Waals surface area contributed by atoms with Crippen molar-refractivity contribution in [1.82, 2.24) is 0 Å². The molecule has 0 saturated carbocycles. The highest BCUT2D eigenvalue weighted by molar-refractivity contribution is 5.81. The molecule has 0 atom stereocenters. The van der Waals surface area contributed by atoms with Gasteiger partial charge in [-0.3, -0.25) is 4.79 Å². The zero-order valence-corrected chi connectivity index (χ0v) is 13.3. The Morgan fingerprint density at radius 1 is 0.875 bits per heavy atom. The van der Waals surface area contributed by atoms with Gasteiger partial charge in [-0.05, 0) is 34.9 Å². The minimum atomic E-state index is 0.481. The Bertz CT molecular complexity index is 811. The summed E-state index contributed by atoms with van der Waals surface area (Å²) in [5.74, 6) is 0.570. The van der Waals surface area contributed by atoms with E-state index < -0.39 is 0 Å². The molecular formula is C21H19NO2. The first-order valence-corrected chi connectivity index (χ1v) is 7.88. The number of nitrogens with two attached hydrogens (primary N) is 1. The topological polar surface area (TPSA) is 52.3 Å². The summed E-state index contributed by atoms with van der Waals surface area (Å²) in [6, 6.07) is 23.8. The number of hydrogen-bond donors (Lipinski definition) is 1. The molecule has 0 aliphatic rings. The van der Waals surface area contributed by atoms with Crippen molar-refractivity contribution in [2.45, 2.75) is 6.42 Å². The van der Waals surface area contributed by atoms with Gasteiger partial charge in [-0.15, -0.1) is 0 Å². The van der Waals surface area contributed by atoms with E-state index in [2.05, 4.69) is 36.4 Å². The average Bonchev–Trinajstić information content (AvgIpc) is 2.64. The minimum Gasteiger partial charge on any atom is -0.492 e. The highest BCUT2D eigenvalue weighted by atomic mass is 16.5. The summed E-state index contributed by atoms with van der Waals surface area (Å²) in [6.45, 7) is 0.509. The van der Waals surface area contributed by atoms with Gasteiger partial charge in [0.1, 0.15) is 5.75 Å². The number of benzene rings is 3. The van der Waals surface area contributed by atoms with Crippen LogP contribution in [0.25, 0.3) is 11.1 Å². The van der Waals surface area contributed by atoms with E-state index in [0.29, 0.717) is 23.6 Å². The monoisotopic (exact) mass is 317 g/mol. The van der Waals surface area contributed by atoms with Gasteiger partial charge in [0, 0.05) is 12.1 Å². The first-order valence-electron chi connectivity index (χ1n) is 7.88. The molecule has 0 radical (unpaired) electrons. The van der Waals surface area contributed by atoms with Crippen molar-refractivity contribution in [3.05, 3.63) is 83.9 Å². The Morgan fingerprint density at radius 3 is 2.29 bits per heavy atom. The average molecular weight is 317 g/mol. The van der Waals surface area contributed by atoms with Gasteiger partial charge in [-0.25, -0.2) is 0 Å². The Hall–Kier alpha value is -3.07. The maximum atomic E-state index is 11.0. The van der Waals surface area contributed by atoms with E-state index in [1.54, 1.807) is 18.2 Å². The van der Waals surface area contributed by atoms with E-state index in [1.807, 2.05) is 18.2 Å². The molecule has 0 saturated heterocycles. The van der Waals surface area contributed by atoms with Crippen LogP contribution in [0.5, 0.6) is 5.75 Å². The van der Waals surface area contributed by atoms with E-state index in [9.17, 15) is 4.79 Å². The summed E-state index contributed by atoms with van der Waals surface area (Å²) < 4.78 is 5.72. The highest BCUT2D eigenvalue weighted by Gasteiger charge is 2.04. The fraction of sp³-hybridized carbons (Fsp3) is 0.0952. The Labute approximate surface area is 141 Å². The summed E-state index contributed by atoms with van der Waals surface area (Å²) in [5, 5.41) is 0. The number of aldehydes is 1. The van der Waals surface area contributed by atoms with Crippen molar-refractivity contribution in [2.75, 3.05) is 12.3 Å². The molecule has 3 aromatic carbocycles. The fourth-order valence-electron chi connectivity index (χ4n) is 2.56. The number of carbonyl (C=O) groups is 1. The molecular weight excluding hydrogens is 298 g/mol. The molecule has 0 aliphatic heterocycles. The number of hydrogen-bond acceptors (Lipinski definition) is 3. The van der Waals surface area contributed by atoms with Gasteiger partial charge < -0.3 is 10.5 Å². The van der Waals surface area contributed by atoms with Gasteiger partial charge in [-0.2, -0.15) is 0 Å². The molecule has 0 spiro atoms. The number of carbonyl (C=O) groups excluding carboxylic acids is 1. The fourth-order valence-corrected chi connectivity index (χ4v) is 2.56. The van der Waals surface area contributed by atoms with Gasteiger partial charge >= 0.3 is 0 Å². The molecule has 120 valence electrons. The minimum absolute atomic E-state index is 0.481. The van der Waals surface area contributed by atoms with Crippen molar-refractivity contribution in [3.63, 3.8) is 0 Å². The highest BCUT2D eigenvalue weighted by Crippen LogP contribution is 2.21. The van der Waals surface area contributed by atoms with Crippen LogP contribution in [-0.4, -0.2) is 12.9 Å². The van der Waals surface area contributed by atoms with Crippen LogP contribution in [0.1, 0.15) is 15.9 Å². The maximum Gasteiger partial charge on any atom is 0.153 e.